The van der Waals surface area contributed by atoms with E-state index in [9.17, 15) is 4.79 Å². The Labute approximate surface area is 69.9 Å². The number of carbonyl (C=O) groups is 1. The summed E-state index contributed by atoms with van der Waals surface area (Å²) in [6, 6.07) is 0. The minimum Gasteiger partial charge on any atom is -0.436 e. The maximum absolute atomic E-state index is 10.5. The van der Waals surface area contributed by atoms with Crippen molar-refractivity contribution in [2.75, 3.05) is 0 Å². The van der Waals surface area contributed by atoms with E-state index in [2.05, 4.69) is 4.74 Å². The molecule has 0 aliphatic carbocycles. The number of rotatable bonds is 1. The molecule has 1 heterocycles. The minimum absolute atomic E-state index is 0.164. The summed E-state index contributed by atoms with van der Waals surface area (Å²) in [7, 11) is 0. The molecule has 1 aliphatic rings. The van der Waals surface area contributed by atoms with Gasteiger partial charge in [0.25, 0.3) is 0 Å². The molecule has 0 bridgehead atoms. The third-order valence-electron chi connectivity index (χ3n) is 1.54. The van der Waals surface area contributed by atoms with Gasteiger partial charge in [0.2, 0.25) is 6.29 Å². The highest BCUT2D eigenvalue weighted by Crippen LogP contribution is 2.18. The van der Waals surface area contributed by atoms with E-state index >= 15 is 0 Å². The quantitative estimate of drug-likeness (QED) is 0.520. The molecule has 0 aromatic heterocycles. The predicted octanol–water partition coefficient (Wildman–Crippen LogP) is -0.635. The van der Waals surface area contributed by atoms with Crippen LogP contribution in [0.1, 0.15) is 19.8 Å². The van der Waals surface area contributed by atoms with Gasteiger partial charge in [0.1, 0.15) is 0 Å². The smallest absolute Gasteiger partial charge is 0.304 e. The van der Waals surface area contributed by atoms with Gasteiger partial charge in [-0.2, -0.15) is 0 Å². The Bertz CT molecular complexity index is 159. The van der Waals surface area contributed by atoms with Crippen LogP contribution in [0.5, 0.6) is 0 Å². The number of hydrogen-bond donors (Lipinski definition) is 2. The molecule has 0 aromatic rings. The molecule has 3 atom stereocenters. The second-order valence-electron chi connectivity index (χ2n) is 2.75. The van der Waals surface area contributed by atoms with Gasteiger partial charge in [0, 0.05) is 19.8 Å². The molecule has 0 spiro atoms. The van der Waals surface area contributed by atoms with Crippen LogP contribution in [-0.4, -0.2) is 34.9 Å². The summed E-state index contributed by atoms with van der Waals surface area (Å²) in [6.45, 7) is 1.25. The SMILES string of the molecule is CC(=O)OC1CC(O)CC(O)O1. The third-order valence-corrected chi connectivity index (χ3v) is 1.54. The summed E-state index contributed by atoms with van der Waals surface area (Å²) >= 11 is 0. The van der Waals surface area contributed by atoms with Crippen molar-refractivity contribution in [2.45, 2.75) is 38.4 Å². The van der Waals surface area contributed by atoms with Crippen molar-refractivity contribution in [3.63, 3.8) is 0 Å². The van der Waals surface area contributed by atoms with Crippen molar-refractivity contribution in [1.82, 2.24) is 0 Å². The van der Waals surface area contributed by atoms with Crippen LogP contribution in [0.2, 0.25) is 0 Å². The molecule has 0 radical (unpaired) electrons. The lowest BCUT2D eigenvalue weighted by Gasteiger charge is -2.29. The lowest BCUT2D eigenvalue weighted by molar-refractivity contribution is -0.260. The van der Waals surface area contributed by atoms with E-state index in [-0.39, 0.29) is 12.8 Å². The average molecular weight is 176 g/mol. The first-order valence-corrected chi connectivity index (χ1v) is 3.76. The molecule has 12 heavy (non-hydrogen) atoms. The van der Waals surface area contributed by atoms with Crippen LogP contribution in [0.3, 0.4) is 0 Å². The first-order valence-electron chi connectivity index (χ1n) is 3.76. The van der Waals surface area contributed by atoms with Crippen molar-refractivity contribution < 1.29 is 24.5 Å². The first-order chi connectivity index (χ1) is 5.58. The largest absolute Gasteiger partial charge is 0.436 e. The number of aliphatic hydroxyl groups is 2. The maximum atomic E-state index is 10.5. The van der Waals surface area contributed by atoms with Gasteiger partial charge < -0.3 is 19.7 Å². The summed E-state index contributed by atoms with van der Waals surface area (Å²) in [6.07, 6.45) is -2.15. The number of ether oxygens (including phenoxy) is 2. The Hall–Kier alpha value is -0.650. The standard InChI is InChI=1S/C7H12O5/c1-4(8)11-7-3-5(9)2-6(10)12-7/h5-7,9-10H,2-3H2,1H3. The number of aliphatic hydroxyl groups excluding tert-OH is 2. The van der Waals surface area contributed by atoms with Crippen LogP contribution in [0.15, 0.2) is 0 Å². The van der Waals surface area contributed by atoms with Gasteiger partial charge in [-0.05, 0) is 0 Å². The van der Waals surface area contributed by atoms with Crippen molar-refractivity contribution in [3.8, 4) is 0 Å². The Morgan fingerprint density at radius 1 is 1.50 bits per heavy atom. The number of carbonyl (C=O) groups excluding carboxylic acids is 1. The molecular weight excluding hydrogens is 164 g/mol. The van der Waals surface area contributed by atoms with Gasteiger partial charge in [-0.3, -0.25) is 4.79 Å². The lowest BCUT2D eigenvalue weighted by Crippen LogP contribution is -2.37. The van der Waals surface area contributed by atoms with Crippen LogP contribution in [0.4, 0.5) is 0 Å². The summed E-state index contributed by atoms with van der Waals surface area (Å²) in [4.78, 5) is 10.5. The van der Waals surface area contributed by atoms with Crippen molar-refractivity contribution >= 4 is 5.97 Å². The van der Waals surface area contributed by atoms with Crippen LogP contribution >= 0.6 is 0 Å². The van der Waals surface area contributed by atoms with E-state index in [1.807, 2.05) is 0 Å². The minimum atomic E-state index is -1.04. The van der Waals surface area contributed by atoms with E-state index in [1.165, 1.54) is 6.92 Å². The molecule has 1 aliphatic heterocycles. The molecule has 0 saturated carbocycles. The highest BCUT2D eigenvalue weighted by molar-refractivity contribution is 5.66. The zero-order chi connectivity index (χ0) is 9.14. The van der Waals surface area contributed by atoms with Gasteiger partial charge in [-0.15, -0.1) is 0 Å². The van der Waals surface area contributed by atoms with E-state index < -0.39 is 24.7 Å². The van der Waals surface area contributed by atoms with Gasteiger partial charge >= 0.3 is 5.97 Å². The van der Waals surface area contributed by atoms with E-state index in [0.717, 1.165) is 0 Å². The van der Waals surface area contributed by atoms with Gasteiger partial charge in [0.05, 0.1) is 6.10 Å². The van der Waals surface area contributed by atoms with Crippen LogP contribution < -0.4 is 0 Å². The summed E-state index contributed by atoms with van der Waals surface area (Å²) < 4.78 is 9.47. The summed E-state index contributed by atoms with van der Waals surface area (Å²) in [5.41, 5.74) is 0. The zero-order valence-electron chi connectivity index (χ0n) is 6.77. The first kappa shape index (κ1) is 9.44. The highest BCUT2D eigenvalue weighted by atomic mass is 16.7. The molecule has 5 nitrogen and oxygen atoms in total. The Morgan fingerprint density at radius 2 is 2.17 bits per heavy atom. The molecule has 0 aromatic carbocycles. The second kappa shape index (κ2) is 3.84. The van der Waals surface area contributed by atoms with Gasteiger partial charge in [-0.25, -0.2) is 0 Å². The van der Waals surface area contributed by atoms with Crippen LogP contribution in [0.25, 0.3) is 0 Å². The molecule has 1 rings (SSSR count). The van der Waals surface area contributed by atoms with Crippen LogP contribution in [0, 0.1) is 0 Å². The molecule has 3 unspecified atom stereocenters. The topological polar surface area (TPSA) is 76.0 Å². The maximum Gasteiger partial charge on any atom is 0.304 e. The van der Waals surface area contributed by atoms with Gasteiger partial charge in [0.15, 0.2) is 6.29 Å². The molecule has 70 valence electrons. The summed E-state index contributed by atoms with van der Waals surface area (Å²) in [5, 5.41) is 18.1. The van der Waals surface area contributed by atoms with Crippen molar-refractivity contribution in [3.05, 3.63) is 0 Å². The van der Waals surface area contributed by atoms with Crippen molar-refractivity contribution in [2.24, 2.45) is 0 Å². The molecule has 2 N–H and O–H groups in total. The van der Waals surface area contributed by atoms with Crippen LogP contribution in [-0.2, 0) is 14.3 Å². The molecule has 0 amide bonds. The van der Waals surface area contributed by atoms with Crippen molar-refractivity contribution in [1.29, 1.82) is 0 Å². The summed E-state index contributed by atoms with van der Waals surface area (Å²) in [5.74, 6) is -0.485. The Balaban J connectivity index is 2.38. The molecule has 1 fully saturated rings. The van der Waals surface area contributed by atoms with E-state index in [1.54, 1.807) is 0 Å². The number of hydrogen-bond acceptors (Lipinski definition) is 5. The molecular formula is C7H12O5. The molecule has 1 saturated heterocycles. The third kappa shape index (κ3) is 2.77. The fourth-order valence-corrected chi connectivity index (χ4v) is 1.10. The Kier molecular flexibility index (Phi) is 3.02. The monoisotopic (exact) mass is 176 g/mol. The van der Waals surface area contributed by atoms with Gasteiger partial charge in [-0.1, -0.05) is 0 Å². The Morgan fingerprint density at radius 3 is 2.67 bits per heavy atom. The normalized spacial score (nSPS) is 36.1. The van der Waals surface area contributed by atoms with E-state index in [0.29, 0.717) is 0 Å². The highest BCUT2D eigenvalue weighted by Gasteiger charge is 2.28. The lowest BCUT2D eigenvalue weighted by atomic mass is 10.1. The number of esters is 1. The molecule has 5 heteroatoms. The predicted molar refractivity (Wildman–Crippen MR) is 37.9 cm³/mol. The fourth-order valence-electron chi connectivity index (χ4n) is 1.10. The zero-order valence-corrected chi connectivity index (χ0v) is 6.77. The van der Waals surface area contributed by atoms with E-state index in [4.69, 9.17) is 14.9 Å². The average Bonchev–Trinajstić information content (AvgIpc) is 1.81. The fraction of sp³-hybridized carbons (Fsp3) is 0.857. The second-order valence-corrected chi connectivity index (χ2v) is 2.75.